The first-order valence-corrected chi connectivity index (χ1v) is 6.71. The third kappa shape index (κ3) is 5.03. The van der Waals surface area contributed by atoms with Crippen LogP contribution in [0.1, 0.15) is 0 Å². The van der Waals surface area contributed by atoms with Crippen LogP contribution in [0.2, 0.25) is 0 Å². The SMILES string of the molecule is O=C(O)C1C=C(F)C(F)=C(F)C1(O)F.O=C(O)C1C=C(F)C(F)=C(F)C1(O)F.[Co]. The van der Waals surface area contributed by atoms with Crippen molar-refractivity contribution in [3.05, 3.63) is 47.1 Å². The van der Waals surface area contributed by atoms with E-state index in [2.05, 4.69) is 0 Å². The molecule has 0 aromatic heterocycles. The summed E-state index contributed by atoms with van der Waals surface area (Å²) in [6, 6.07) is 0. The van der Waals surface area contributed by atoms with Crippen LogP contribution in [0, 0.1) is 11.8 Å². The number of aliphatic hydroxyl groups is 2. The number of carbonyl (C=O) groups is 2. The van der Waals surface area contributed by atoms with Crippen molar-refractivity contribution in [2.45, 2.75) is 11.7 Å². The molecule has 4 atom stereocenters. The van der Waals surface area contributed by atoms with Crippen molar-refractivity contribution in [3.63, 3.8) is 0 Å². The van der Waals surface area contributed by atoms with Gasteiger partial charge < -0.3 is 20.4 Å². The van der Waals surface area contributed by atoms with Crippen molar-refractivity contribution in [1.29, 1.82) is 0 Å². The Hall–Kier alpha value is -2.23. The van der Waals surface area contributed by atoms with E-state index in [4.69, 9.17) is 20.4 Å². The number of halogens is 8. The van der Waals surface area contributed by atoms with Gasteiger partial charge in [-0.3, -0.25) is 9.59 Å². The van der Waals surface area contributed by atoms with Gasteiger partial charge in [0.1, 0.15) is 11.8 Å². The minimum absolute atomic E-state index is 0. The summed E-state index contributed by atoms with van der Waals surface area (Å²) < 4.78 is 100. The van der Waals surface area contributed by atoms with E-state index in [-0.39, 0.29) is 28.9 Å². The summed E-state index contributed by atoms with van der Waals surface area (Å²) >= 11 is 0. The Balaban J connectivity index is 0.000000523. The van der Waals surface area contributed by atoms with E-state index in [1.807, 2.05) is 0 Å². The van der Waals surface area contributed by atoms with Gasteiger partial charge in [-0.2, -0.15) is 0 Å². The van der Waals surface area contributed by atoms with E-state index in [0.717, 1.165) is 0 Å². The van der Waals surface area contributed by atoms with Gasteiger partial charge in [0, 0.05) is 16.8 Å². The molecule has 0 fully saturated rings. The van der Waals surface area contributed by atoms with Gasteiger partial charge in [0.05, 0.1) is 0 Å². The second-order valence-electron chi connectivity index (χ2n) is 5.26. The molecular weight excluding hydrogens is 475 g/mol. The number of hydrogen-bond donors (Lipinski definition) is 4. The van der Waals surface area contributed by atoms with E-state index in [0.29, 0.717) is 0 Å². The summed E-state index contributed by atoms with van der Waals surface area (Å²) in [5.74, 6) is -30.2. The second-order valence-corrected chi connectivity index (χ2v) is 5.26. The third-order valence-electron chi connectivity index (χ3n) is 3.40. The fourth-order valence-electron chi connectivity index (χ4n) is 1.92. The van der Waals surface area contributed by atoms with Crippen molar-refractivity contribution in [2.75, 3.05) is 0 Å². The number of carboxylic acid groups (broad SMARTS) is 2. The van der Waals surface area contributed by atoms with Gasteiger partial charge in [0.15, 0.2) is 23.3 Å². The third-order valence-corrected chi connectivity index (χ3v) is 3.40. The van der Waals surface area contributed by atoms with E-state index in [1.165, 1.54) is 0 Å². The molecule has 6 nitrogen and oxygen atoms in total. The van der Waals surface area contributed by atoms with Crippen LogP contribution in [0.5, 0.6) is 0 Å². The molecule has 0 bridgehead atoms. The summed E-state index contributed by atoms with van der Waals surface area (Å²) in [6.07, 6.45) is -0.0819. The van der Waals surface area contributed by atoms with Crippen molar-refractivity contribution in [2.24, 2.45) is 11.8 Å². The predicted molar refractivity (Wildman–Crippen MR) is 71.2 cm³/mol. The van der Waals surface area contributed by atoms with Gasteiger partial charge >= 0.3 is 11.9 Å². The average Bonchev–Trinajstić information content (AvgIpc) is 2.58. The van der Waals surface area contributed by atoms with Crippen molar-refractivity contribution < 1.29 is 81.9 Å². The van der Waals surface area contributed by atoms with Crippen LogP contribution in [0.4, 0.5) is 35.1 Å². The summed E-state index contributed by atoms with van der Waals surface area (Å²) in [4.78, 5) is 20.5. The zero-order valence-electron chi connectivity index (χ0n) is 13.3. The first-order chi connectivity index (χ1) is 12.6. The number of carboxylic acids is 2. The number of allylic oxidation sites excluding steroid dienone is 4. The molecule has 165 valence electrons. The number of hydrogen-bond acceptors (Lipinski definition) is 4. The Bertz CT molecular complexity index is 764. The van der Waals surface area contributed by atoms with Crippen molar-refractivity contribution >= 4 is 11.9 Å². The van der Waals surface area contributed by atoms with Crippen molar-refractivity contribution in [1.82, 2.24) is 0 Å². The van der Waals surface area contributed by atoms with Gasteiger partial charge in [-0.1, -0.05) is 0 Å². The molecule has 0 aromatic carbocycles. The zero-order chi connectivity index (χ0) is 22.2. The Morgan fingerprint density at radius 2 is 0.966 bits per heavy atom. The number of alkyl halides is 2. The molecule has 15 heteroatoms. The summed E-state index contributed by atoms with van der Waals surface area (Å²) in [5.41, 5.74) is 0. The Kier molecular flexibility index (Phi) is 8.36. The first-order valence-electron chi connectivity index (χ1n) is 6.71. The normalized spacial score (nSPS) is 31.8. The van der Waals surface area contributed by atoms with Crippen LogP contribution in [-0.4, -0.2) is 44.1 Å². The van der Waals surface area contributed by atoms with Gasteiger partial charge in [0.25, 0.3) is 11.7 Å². The molecule has 0 aliphatic heterocycles. The van der Waals surface area contributed by atoms with Crippen LogP contribution in [-0.2, 0) is 26.4 Å². The minimum atomic E-state index is -4.05. The topological polar surface area (TPSA) is 115 Å². The smallest absolute Gasteiger partial charge is 0.316 e. The number of rotatable bonds is 2. The van der Waals surface area contributed by atoms with Crippen LogP contribution in [0.3, 0.4) is 0 Å². The van der Waals surface area contributed by atoms with Crippen molar-refractivity contribution in [3.8, 4) is 0 Å². The number of aliphatic carboxylic acids is 2. The van der Waals surface area contributed by atoms with Gasteiger partial charge in [-0.15, -0.1) is 0 Å². The van der Waals surface area contributed by atoms with Gasteiger partial charge in [0.2, 0.25) is 11.7 Å². The molecule has 0 aromatic rings. The molecule has 0 saturated heterocycles. The fraction of sp³-hybridized carbons (Fsp3) is 0.286. The molecule has 1 radical (unpaired) electrons. The summed E-state index contributed by atoms with van der Waals surface area (Å²) in [6.45, 7) is 0. The first kappa shape index (κ1) is 26.8. The maximum atomic E-state index is 12.9. The molecule has 0 heterocycles. The quantitative estimate of drug-likeness (QED) is 0.450. The van der Waals surface area contributed by atoms with Crippen LogP contribution in [0.15, 0.2) is 47.1 Å². The van der Waals surface area contributed by atoms with E-state index >= 15 is 0 Å². The van der Waals surface area contributed by atoms with E-state index < -0.39 is 70.4 Å². The molecule has 2 aliphatic rings. The molecule has 2 aliphatic carbocycles. The van der Waals surface area contributed by atoms with E-state index in [9.17, 15) is 44.7 Å². The van der Waals surface area contributed by atoms with Crippen LogP contribution in [0.25, 0.3) is 0 Å². The molecule has 0 spiro atoms. The standard InChI is InChI=1S/2C7H4F4O3.Co/c2*8-3-1-2(6(12)13)7(11,14)5(10)4(3)9;/h2*1-2,14H,(H,12,13);. The monoisotopic (exact) mass is 483 g/mol. The molecule has 0 saturated carbocycles. The predicted octanol–water partition coefficient (Wildman–Crippen LogP) is 2.72. The van der Waals surface area contributed by atoms with Crippen LogP contribution >= 0.6 is 0 Å². The average molecular weight is 483 g/mol. The van der Waals surface area contributed by atoms with E-state index in [1.54, 1.807) is 0 Å². The Morgan fingerprint density at radius 1 is 0.724 bits per heavy atom. The largest absolute Gasteiger partial charge is 0.481 e. The summed E-state index contributed by atoms with van der Waals surface area (Å²) in [7, 11) is 0. The maximum Gasteiger partial charge on any atom is 0.316 e. The minimum Gasteiger partial charge on any atom is -0.481 e. The van der Waals surface area contributed by atoms with Gasteiger partial charge in [-0.25, -0.2) is 35.1 Å². The molecular formula is C14H8CoF8O6. The van der Waals surface area contributed by atoms with Crippen LogP contribution < -0.4 is 0 Å². The Morgan fingerprint density at radius 3 is 1.17 bits per heavy atom. The molecule has 29 heavy (non-hydrogen) atoms. The molecule has 0 amide bonds. The zero-order valence-corrected chi connectivity index (χ0v) is 14.3. The molecule has 4 N–H and O–H groups in total. The fourth-order valence-corrected chi connectivity index (χ4v) is 1.92. The molecule has 4 unspecified atom stereocenters. The second kappa shape index (κ2) is 9.06. The summed E-state index contributed by atoms with van der Waals surface area (Å²) in [5, 5.41) is 33.8. The molecule has 2 rings (SSSR count). The van der Waals surface area contributed by atoms with Gasteiger partial charge in [-0.05, 0) is 12.2 Å². The Labute approximate surface area is 165 Å². The maximum absolute atomic E-state index is 12.9.